The average molecular weight is 298 g/mol. The summed E-state index contributed by atoms with van der Waals surface area (Å²) in [4.78, 5) is 21.4. The zero-order valence-corrected chi connectivity index (χ0v) is 13.2. The molecule has 122 valence electrons. The largest absolute Gasteiger partial charge is 0.481 e. The Morgan fingerprint density at radius 2 is 1.48 bits per heavy atom. The zero-order valence-electron chi connectivity index (χ0n) is 13.2. The highest BCUT2D eigenvalue weighted by atomic mass is 16.4. The number of aliphatic carboxylic acids is 2. The van der Waals surface area contributed by atoms with Crippen molar-refractivity contribution in [3.8, 4) is 0 Å². The van der Waals surface area contributed by atoms with E-state index in [0.717, 1.165) is 25.7 Å². The molecule has 0 aromatic heterocycles. The highest BCUT2D eigenvalue weighted by molar-refractivity contribution is 5.77. The summed E-state index contributed by atoms with van der Waals surface area (Å²) in [6.07, 6.45) is 14.8. The van der Waals surface area contributed by atoms with Crippen LogP contribution in [0.4, 0.5) is 0 Å². The van der Waals surface area contributed by atoms with Crippen molar-refractivity contribution in [2.45, 2.75) is 77.6 Å². The Morgan fingerprint density at radius 1 is 0.905 bits per heavy atom. The molecule has 0 spiro atoms. The van der Waals surface area contributed by atoms with E-state index in [1.807, 2.05) is 0 Å². The molecule has 0 amide bonds. The van der Waals surface area contributed by atoms with Crippen LogP contribution in [0.15, 0.2) is 12.2 Å². The molecule has 4 nitrogen and oxygen atoms in total. The van der Waals surface area contributed by atoms with Gasteiger partial charge in [-0.3, -0.25) is 9.59 Å². The van der Waals surface area contributed by atoms with Gasteiger partial charge in [0.1, 0.15) is 0 Å². The fourth-order valence-electron chi connectivity index (χ4n) is 2.28. The maximum Gasteiger partial charge on any atom is 0.307 e. The maximum atomic E-state index is 10.9. The molecular weight excluding hydrogens is 268 g/mol. The van der Waals surface area contributed by atoms with E-state index in [1.165, 1.54) is 32.1 Å². The van der Waals surface area contributed by atoms with Gasteiger partial charge >= 0.3 is 11.9 Å². The topological polar surface area (TPSA) is 74.6 Å². The van der Waals surface area contributed by atoms with Crippen LogP contribution in [0.3, 0.4) is 0 Å². The van der Waals surface area contributed by atoms with Crippen molar-refractivity contribution in [3.05, 3.63) is 12.2 Å². The van der Waals surface area contributed by atoms with Crippen LogP contribution in [0.1, 0.15) is 77.6 Å². The summed E-state index contributed by atoms with van der Waals surface area (Å²) in [5.41, 5.74) is 0. The van der Waals surface area contributed by atoms with E-state index < -0.39 is 17.9 Å². The molecule has 0 aliphatic heterocycles. The first kappa shape index (κ1) is 19.7. The minimum absolute atomic E-state index is 0.275. The molecule has 0 heterocycles. The summed E-state index contributed by atoms with van der Waals surface area (Å²) in [6.45, 7) is 2.21. The Hall–Kier alpha value is -1.32. The summed E-state index contributed by atoms with van der Waals surface area (Å²) < 4.78 is 0. The fraction of sp³-hybridized carbons (Fsp3) is 0.765. The molecule has 4 heteroatoms. The molecule has 0 fully saturated rings. The van der Waals surface area contributed by atoms with Crippen LogP contribution in [0, 0.1) is 5.92 Å². The van der Waals surface area contributed by atoms with Crippen LogP contribution in [0.2, 0.25) is 0 Å². The molecule has 0 saturated carbocycles. The average Bonchev–Trinajstić information content (AvgIpc) is 2.42. The van der Waals surface area contributed by atoms with Crippen molar-refractivity contribution in [2.24, 2.45) is 5.92 Å². The molecule has 1 unspecified atom stereocenters. The summed E-state index contributed by atoms with van der Waals surface area (Å²) in [5, 5.41) is 17.5. The van der Waals surface area contributed by atoms with Crippen molar-refractivity contribution in [1.29, 1.82) is 0 Å². The number of allylic oxidation sites excluding steroid dienone is 2. The SMILES string of the molecule is CCCCCCC/C=C/CCCCC(CC(=O)O)C(=O)O. The van der Waals surface area contributed by atoms with E-state index in [0.29, 0.717) is 6.42 Å². The summed E-state index contributed by atoms with van der Waals surface area (Å²) in [5.74, 6) is -2.78. The first-order chi connectivity index (χ1) is 10.1. The Bertz CT molecular complexity index is 310. The lowest BCUT2D eigenvalue weighted by Crippen LogP contribution is -2.17. The van der Waals surface area contributed by atoms with Crippen LogP contribution < -0.4 is 0 Å². The molecule has 0 bridgehead atoms. The zero-order chi connectivity index (χ0) is 15.9. The lowest BCUT2D eigenvalue weighted by molar-refractivity contribution is -0.148. The summed E-state index contributed by atoms with van der Waals surface area (Å²) in [6, 6.07) is 0. The number of carboxylic acids is 2. The van der Waals surface area contributed by atoms with Gasteiger partial charge in [0.2, 0.25) is 0 Å². The molecule has 0 aliphatic rings. The number of rotatable bonds is 14. The third-order valence-electron chi connectivity index (χ3n) is 3.58. The first-order valence-electron chi connectivity index (χ1n) is 8.17. The number of carboxylic acid groups (broad SMARTS) is 2. The minimum Gasteiger partial charge on any atom is -0.481 e. The molecule has 0 saturated heterocycles. The first-order valence-corrected chi connectivity index (χ1v) is 8.17. The Balaban J connectivity index is 3.52. The second-order valence-corrected chi connectivity index (χ2v) is 5.59. The number of unbranched alkanes of at least 4 members (excludes halogenated alkanes) is 7. The van der Waals surface area contributed by atoms with Crippen molar-refractivity contribution >= 4 is 11.9 Å². The van der Waals surface area contributed by atoms with Gasteiger partial charge in [0, 0.05) is 0 Å². The van der Waals surface area contributed by atoms with Crippen molar-refractivity contribution in [3.63, 3.8) is 0 Å². The van der Waals surface area contributed by atoms with Gasteiger partial charge in [-0.25, -0.2) is 0 Å². The van der Waals surface area contributed by atoms with Crippen molar-refractivity contribution < 1.29 is 19.8 Å². The predicted octanol–water partition coefficient (Wildman–Crippen LogP) is 4.64. The number of carbonyl (C=O) groups is 2. The molecule has 21 heavy (non-hydrogen) atoms. The van der Waals surface area contributed by atoms with Crippen LogP contribution in [0.5, 0.6) is 0 Å². The standard InChI is InChI=1S/C17H30O4/c1-2-3-4-5-6-7-8-9-10-11-12-13-15(17(20)21)14-16(18)19/h8-9,15H,2-7,10-14H2,1H3,(H,18,19)(H,20,21)/b9-8+. The van der Waals surface area contributed by atoms with E-state index in [9.17, 15) is 9.59 Å². The van der Waals surface area contributed by atoms with E-state index in [-0.39, 0.29) is 6.42 Å². The highest BCUT2D eigenvalue weighted by Crippen LogP contribution is 2.14. The molecular formula is C17H30O4. The number of hydrogen-bond acceptors (Lipinski definition) is 2. The Labute approximate surface area is 128 Å². The second-order valence-electron chi connectivity index (χ2n) is 5.59. The van der Waals surface area contributed by atoms with E-state index in [2.05, 4.69) is 19.1 Å². The molecule has 0 aliphatic carbocycles. The fourth-order valence-corrected chi connectivity index (χ4v) is 2.28. The summed E-state index contributed by atoms with van der Waals surface area (Å²) >= 11 is 0. The second kappa shape index (κ2) is 13.7. The molecule has 0 radical (unpaired) electrons. The lowest BCUT2D eigenvalue weighted by Gasteiger charge is -2.08. The van der Waals surface area contributed by atoms with E-state index in [1.54, 1.807) is 0 Å². The van der Waals surface area contributed by atoms with Gasteiger partial charge in [-0.1, -0.05) is 51.2 Å². The van der Waals surface area contributed by atoms with E-state index >= 15 is 0 Å². The smallest absolute Gasteiger partial charge is 0.307 e. The molecule has 0 rings (SSSR count). The minimum atomic E-state index is -1.04. The quantitative estimate of drug-likeness (QED) is 0.362. The van der Waals surface area contributed by atoms with Crippen LogP contribution in [-0.2, 0) is 9.59 Å². The summed E-state index contributed by atoms with van der Waals surface area (Å²) in [7, 11) is 0. The van der Waals surface area contributed by atoms with Crippen molar-refractivity contribution in [2.75, 3.05) is 0 Å². The van der Waals surface area contributed by atoms with Crippen LogP contribution in [-0.4, -0.2) is 22.2 Å². The molecule has 0 aromatic carbocycles. The van der Waals surface area contributed by atoms with Gasteiger partial charge in [0.15, 0.2) is 0 Å². The third-order valence-corrected chi connectivity index (χ3v) is 3.58. The predicted molar refractivity (Wildman–Crippen MR) is 84.4 cm³/mol. The molecule has 0 aromatic rings. The lowest BCUT2D eigenvalue weighted by atomic mass is 9.98. The monoisotopic (exact) mass is 298 g/mol. The Morgan fingerprint density at radius 3 is 2.00 bits per heavy atom. The van der Waals surface area contributed by atoms with Gasteiger partial charge in [-0.2, -0.15) is 0 Å². The maximum absolute atomic E-state index is 10.9. The van der Waals surface area contributed by atoms with E-state index in [4.69, 9.17) is 10.2 Å². The van der Waals surface area contributed by atoms with Gasteiger partial charge in [0.25, 0.3) is 0 Å². The third kappa shape index (κ3) is 13.4. The molecule has 2 N–H and O–H groups in total. The van der Waals surface area contributed by atoms with Crippen molar-refractivity contribution in [1.82, 2.24) is 0 Å². The highest BCUT2D eigenvalue weighted by Gasteiger charge is 2.19. The van der Waals surface area contributed by atoms with Gasteiger partial charge < -0.3 is 10.2 Å². The Kier molecular flexibility index (Phi) is 12.8. The van der Waals surface area contributed by atoms with Gasteiger partial charge in [-0.05, 0) is 32.1 Å². The van der Waals surface area contributed by atoms with Crippen LogP contribution >= 0.6 is 0 Å². The normalized spacial score (nSPS) is 12.6. The van der Waals surface area contributed by atoms with Crippen LogP contribution in [0.25, 0.3) is 0 Å². The number of hydrogen-bond donors (Lipinski definition) is 2. The van der Waals surface area contributed by atoms with Gasteiger partial charge in [0.05, 0.1) is 12.3 Å². The molecule has 1 atom stereocenters. The van der Waals surface area contributed by atoms with Gasteiger partial charge in [-0.15, -0.1) is 0 Å².